The molecule has 0 bridgehead atoms. The smallest absolute Gasteiger partial charge is 0.250 e. The van der Waals surface area contributed by atoms with Gasteiger partial charge in [0, 0.05) is 0 Å². The standard InChI is InChI=1S/C12H6ClN5O/c13-12-17-10-9(15-6-16-10)11(18-12)19-8-4-2-1-3-7(8)5-14/h1-4,6H,(H,15,16,17,18). The second-order valence-corrected chi connectivity index (χ2v) is 3.95. The third-order valence-electron chi connectivity index (χ3n) is 2.44. The van der Waals surface area contributed by atoms with Crippen LogP contribution in [-0.4, -0.2) is 19.9 Å². The van der Waals surface area contributed by atoms with E-state index < -0.39 is 0 Å². The number of hydrogen-bond donors (Lipinski definition) is 1. The summed E-state index contributed by atoms with van der Waals surface area (Å²) in [5.41, 5.74) is 1.34. The maximum absolute atomic E-state index is 9.02. The fourth-order valence-electron chi connectivity index (χ4n) is 1.61. The highest BCUT2D eigenvalue weighted by Crippen LogP contribution is 2.28. The van der Waals surface area contributed by atoms with Crippen LogP contribution >= 0.6 is 11.6 Å². The number of nitriles is 1. The molecule has 7 heteroatoms. The number of aromatic amines is 1. The van der Waals surface area contributed by atoms with E-state index in [9.17, 15) is 0 Å². The molecule has 1 aromatic carbocycles. The van der Waals surface area contributed by atoms with E-state index in [0.29, 0.717) is 22.5 Å². The Bertz CT molecular complexity index is 792. The summed E-state index contributed by atoms with van der Waals surface area (Å²) in [6, 6.07) is 8.90. The second kappa shape index (κ2) is 4.55. The van der Waals surface area contributed by atoms with Crippen LogP contribution in [0.3, 0.4) is 0 Å². The Kier molecular flexibility index (Phi) is 2.74. The lowest BCUT2D eigenvalue weighted by atomic mass is 10.2. The zero-order chi connectivity index (χ0) is 13.2. The number of fused-ring (bicyclic) bond motifs is 1. The van der Waals surface area contributed by atoms with E-state index in [1.807, 2.05) is 6.07 Å². The summed E-state index contributed by atoms with van der Waals surface area (Å²) in [5.74, 6) is 0.630. The summed E-state index contributed by atoms with van der Waals surface area (Å²) in [6.45, 7) is 0. The lowest BCUT2D eigenvalue weighted by Gasteiger charge is -2.06. The number of rotatable bonds is 2. The topological polar surface area (TPSA) is 87.5 Å². The molecular weight excluding hydrogens is 266 g/mol. The van der Waals surface area contributed by atoms with Gasteiger partial charge in [-0.1, -0.05) is 12.1 Å². The molecule has 92 valence electrons. The van der Waals surface area contributed by atoms with Crippen LogP contribution in [-0.2, 0) is 0 Å². The Hall–Kier alpha value is -2.65. The average molecular weight is 272 g/mol. The number of halogens is 1. The zero-order valence-electron chi connectivity index (χ0n) is 9.46. The largest absolute Gasteiger partial charge is 0.435 e. The Labute approximate surface area is 112 Å². The molecule has 0 spiro atoms. The van der Waals surface area contributed by atoms with Crippen LogP contribution in [0.2, 0.25) is 5.28 Å². The maximum Gasteiger partial charge on any atom is 0.250 e. The molecule has 0 aliphatic carbocycles. The number of hydrogen-bond acceptors (Lipinski definition) is 5. The third-order valence-corrected chi connectivity index (χ3v) is 2.61. The summed E-state index contributed by atoms with van der Waals surface area (Å²) >= 11 is 5.80. The molecular formula is C12H6ClN5O. The second-order valence-electron chi connectivity index (χ2n) is 3.61. The van der Waals surface area contributed by atoms with Gasteiger partial charge < -0.3 is 9.72 Å². The van der Waals surface area contributed by atoms with E-state index in [0.717, 1.165) is 0 Å². The molecule has 0 saturated carbocycles. The van der Waals surface area contributed by atoms with Crippen LogP contribution in [0.4, 0.5) is 0 Å². The number of para-hydroxylation sites is 1. The van der Waals surface area contributed by atoms with Gasteiger partial charge in [0.1, 0.15) is 17.3 Å². The maximum atomic E-state index is 9.02. The molecule has 2 heterocycles. The van der Waals surface area contributed by atoms with E-state index >= 15 is 0 Å². The van der Waals surface area contributed by atoms with Crippen molar-refractivity contribution in [3.8, 4) is 17.7 Å². The molecule has 0 atom stereocenters. The van der Waals surface area contributed by atoms with Crippen molar-refractivity contribution in [2.24, 2.45) is 0 Å². The van der Waals surface area contributed by atoms with Crippen LogP contribution < -0.4 is 4.74 Å². The van der Waals surface area contributed by atoms with Crippen molar-refractivity contribution in [2.75, 3.05) is 0 Å². The molecule has 0 amide bonds. The predicted molar refractivity (Wildman–Crippen MR) is 67.9 cm³/mol. The van der Waals surface area contributed by atoms with Gasteiger partial charge in [0.2, 0.25) is 11.2 Å². The van der Waals surface area contributed by atoms with Crippen LogP contribution in [0.15, 0.2) is 30.6 Å². The summed E-state index contributed by atoms with van der Waals surface area (Å²) < 4.78 is 5.62. The number of imidazole rings is 1. The SMILES string of the molecule is N#Cc1ccccc1Oc1nc(Cl)nc2nc[nH]c12. The summed E-state index contributed by atoms with van der Waals surface area (Å²) in [4.78, 5) is 14.8. The van der Waals surface area contributed by atoms with Gasteiger partial charge >= 0.3 is 0 Å². The van der Waals surface area contributed by atoms with Crippen molar-refractivity contribution in [3.63, 3.8) is 0 Å². The summed E-state index contributed by atoms with van der Waals surface area (Å²) in [7, 11) is 0. The molecule has 2 aromatic heterocycles. The lowest BCUT2D eigenvalue weighted by Crippen LogP contribution is -1.94. The zero-order valence-corrected chi connectivity index (χ0v) is 10.2. The molecule has 0 aliphatic rings. The van der Waals surface area contributed by atoms with Crippen molar-refractivity contribution in [1.82, 2.24) is 19.9 Å². The minimum absolute atomic E-state index is 0.0315. The first-order valence-electron chi connectivity index (χ1n) is 5.31. The fraction of sp³-hybridized carbons (Fsp3) is 0. The molecule has 3 aromatic rings. The van der Waals surface area contributed by atoms with Crippen molar-refractivity contribution in [2.45, 2.75) is 0 Å². The molecule has 0 unspecified atom stereocenters. The van der Waals surface area contributed by atoms with Crippen LogP contribution in [0.1, 0.15) is 5.56 Å². The van der Waals surface area contributed by atoms with Gasteiger partial charge in [0.25, 0.3) is 0 Å². The highest BCUT2D eigenvalue weighted by molar-refractivity contribution is 6.28. The van der Waals surface area contributed by atoms with Gasteiger partial charge in [-0.2, -0.15) is 15.2 Å². The Morgan fingerprint density at radius 2 is 2.11 bits per heavy atom. The first kappa shape index (κ1) is 11.4. The van der Waals surface area contributed by atoms with Gasteiger partial charge in [-0.3, -0.25) is 0 Å². The monoisotopic (exact) mass is 271 g/mol. The van der Waals surface area contributed by atoms with Gasteiger partial charge in [-0.15, -0.1) is 0 Å². The number of aromatic nitrogens is 4. The van der Waals surface area contributed by atoms with Gasteiger partial charge in [-0.25, -0.2) is 4.98 Å². The van der Waals surface area contributed by atoms with E-state index in [1.165, 1.54) is 6.33 Å². The normalized spacial score (nSPS) is 10.3. The molecule has 1 N–H and O–H groups in total. The third kappa shape index (κ3) is 2.07. The van der Waals surface area contributed by atoms with E-state index in [4.69, 9.17) is 21.6 Å². The Balaban J connectivity index is 2.11. The van der Waals surface area contributed by atoms with Crippen LogP contribution in [0, 0.1) is 11.3 Å². The molecule has 0 saturated heterocycles. The first-order chi connectivity index (χ1) is 9.28. The summed E-state index contributed by atoms with van der Waals surface area (Å²) in [5, 5.41) is 9.05. The van der Waals surface area contributed by atoms with Crippen molar-refractivity contribution in [1.29, 1.82) is 5.26 Å². The quantitative estimate of drug-likeness (QED) is 0.724. The molecule has 0 radical (unpaired) electrons. The highest BCUT2D eigenvalue weighted by atomic mass is 35.5. The minimum Gasteiger partial charge on any atom is -0.435 e. The Morgan fingerprint density at radius 1 is 1.26 bits per heavy atom. The number of nitrogens with one attached hydrogen (secondary N) is 1. The van der Waals surface area contributed by atoms with Gasteiger partial charge in [0.05, 0.1) is 11.9 Å². The summed E-state index contributed by atoms with van der Waals surface area (Å²) in [6.07, 6.45) is 1.47. The number of benzene rings is 1. The Morgan fingerprint density at radius 3 is 2.95 bits per heavy atom. The first-order valence-corrected chi connectivity index (χ1v) is 5.69. The van der Waals surface area contributed by atoms with Crippen molar-refractivity contribution in [3.05, 3.63) is 41.4 Å². The minimum atomic E-state index is 0.0315. The highest BCUT2D eigenvalue weighted by Gasteiger charge is 2.12. The molecule has 6 nitrogen and oxygen atoms in total. The van der Waals surface area contributed by atoms with E-state index in [-0.39, 0.29) is 11.2 Å². The molecule has 19 heavy (non-hydrogen) atoms. The van der Waals surface area contributed by atoms with Crippen LogP contribution in [0.5, 0.6) is 11.6 Å². The van der Waals surface area contributed by atoms with E-state index in [1.54, 1.807) is 24.3 Å². The number of H-pyrrole nitrogens is 1. The van der Waals surface area contributed by atoms with Crippen molar-refractivity contribution < 1.29 is 4.74 Å². The molecule has 3 rings (SSSR count). The molecule has 0 fully saturated rings. The van der Waals surface area contributed by atoms with Crippen molar-refractivity contribution >= 4 is 22.8 Å². The van der Waals surface area contributed by atoms with Crippen LogP contribution in [0.25, 0.3) is 11.2 Å². The number of nitrogens with zero attached hydrogens (tertiary/aromatic N) is 4. The van der Waals surface area contributed by atoms with Gasteiger partial charge in [-0.05, 0) is 23.7 Å². The van der Waals surface area contributed by atoms with E-state index in [2.05, 4.69) is 19.9 Å². The molecule has 0 aliphatic heterocycles. The number of ether oxygens (including phenoxy) is 1. The van der Waals surface area contributed by atoms with Gasteiger partial charge in [0.15, 0.2) is 5.65 Å². The average Bonchev–Trinajstić information content (AvgIpc) is 2.87. The predicted octanol–water partition coefficient (Wildman–Crippen LogP) is 2.67. The lowest BCUT2D eigenvalue weighted by molar-refractivity contribution is 0.466. The fourth-order valence-corrected chi connectivity index (χ4v) is 1.76.